The van der Waals surface area contributed by atoms with Crippen LogP contribution in [0, 0.1) is 11.8 Å². The second-order valence-corrected chi connectivity index (χ2v) is 7.93. The van der Waals surface area contributed by atoms with Gasteiger partial charge in [0.2, 0.25) is 0 Å². The second-order valence-electron chi connectivity index (χ2n) is 7.93. The quantitative estimate of drug-likeness (QED) is 0.497. The van der Waals surface area contributed by atoms with Crippen LogP contribution >= 0.6 is 0 Å². The molecule has 3 rings (SSSR count). The molecule has 2 aromatic rings. The lowest BCUT2D eigenvalue weighted by Crippen LogP contribution is -2.48. The third-order valence-corrected chi connectivity index (χ3v) is 5.80. The topological polar surface area (TPSA) is 125 Å². The Morgan fingerprint density at radius 2 is 1.61 bits per heavy atom. The van der Waals surface area contributed by atoms with E-state index in [-0.39, 0.29) is 17.8 Å². The molecule has 0 spiro atoms. The lowest BCUT2D eigenvalue weighted by Gasteiger charge is -2.27. The van der Waals surface area contributed by atoms with E-state index in [1.807, 2.05) is 30.3 Å². The summed E-state index contributed by atoms with van der Waals surface area (Å²) >= 11 is 0. The summed E-state index contributed by atoms with van der Waals surface area (Å²) in [6.45, 7) is 0.308. The van der Waals surface area contributed by atoms with E-state index in [2.05, 4.69) is 10.6 Å². The Bertz CT molecular complexity index is 939. The molecule has 0 radical (unpaired) electrons. The van der Waals surface area contributed by atoms with Gasteiger partial charge in [0.25, 0.3) is 11.8 Å². The average molecular weight is 428 g/mol. The van der Waals surface area contributed by atoms with Crippen molar-refractivity contribution in [2.24, 2.45) is 11.8 Å². The van der Waals surface area contributed by atoms with Gasteiger partial charge >= 0.3 is 5.97 Å². The van der Waals surface area contributed by atoms with Crippen LogP contribution in [-0.4, -0.2) is 53.9 Å². The highest BCUT2D eigenvalue weighted by Crippen LogP contribution is 2.29. The molecular formula is C23H28N2O6. The molecule has 0 bridgehead atoms. The molecule has 2 aromatic carbocycles. The zero-order chi connectivity index (χ0) is 22.4. The van der Waals surface area contributed by atoms with E-state index in [1.165, 1.54) is 7.11 Å². The smallest absolute Gasteiger partial charge is 0.308 e. The lowest BCUT2D eigenvalue weighted by molar-refractivity contribution is -0.147. The molecule has 166 valence electrons. The molecule has 8 nitrogen and oxygen atoms in total. The molecule has 2 amide bonds. The van der Waals surface area contributed by atoms with Crippen LogP contribution in [0.5, 0.6) is 0 Å². The number of ether oxygens (including phenoxy) is 1. The number of aliphatic hydroxyl groups excluding tert-OH is 2. The van der Waals surface area contributed by atoms with Crippen molar-refractivity contribution in [3.8, 4) is 0 Å². The first kappa shape index (κ1) is 22.7. The molecule has 0 heterocycles. The normalized spacial score (nSPS) is 20.5. The standard InChI is InChI=1S/C23H28N2O6/c1-31-23(30)16-8-6-14(7-9-16)13-24-21(28)19(26)20(27)22(29)25-18-11-10-15-4-2-3-5-17(15)12-18/h2-5,10-12,14,16,19-20,26-27H,6-9,13H2,1H3,(H,24,28)(H,25,29)/t14?,16?,19-,20-/m1/s1. The fourth-order valence-corrected chi connectivity index (χ4v) is 3.89. The number of nitrogens with one attached hydrogen (secondary N) is 2. The maximum atomic E-state index is 12.3. The Labute approximate surface area is 180 Å². The van der Waals surface area contributed by atoms with Gasteiger partial charge < -0.3 is 25.6 Å². The van der Waals surface area contributed by atoms with Crippen LogP contribution in [0.1, 0.15) is 25.7 Å². The Balaban J connectivity index is 1.47. The molecule has 31 heavy (non-hydrogen) atoms. The van der Waals surface area contributed by atoms with Gasteiger partial charge in [0.1, 0.15) is 0 Å². The van der Waals surface area contributed by atoms with E-state index in [1.54, 1.807) is 12.1 Å². The molecule has 8 heteroatoms. The molecule has 0 saturated heterocycles. The van der Waals surface area contributed by atoms with E-state index < -0.39 is 24.0 Å². The second kappa shape index (κ2) is 10.4. The molecule has 2 atom stereocenters. The van der Waals surface area contributed by atoms with Crippen LogP contribution in [0.15, 0.2) is 42.5 Å². The summed E-state index contributed by atoms with van der Waals surface area (Å²) in [6, 6.07) is 12.9. The van der Waals surface area contributed by atoms with Gasteiger partial charge in [-0.15, -0.1) is 0 Å². The number of esters is 1. The monoisotopic (exact) mass is 428 g/mol. The number of benzene rings is 2. The zero-order valence-electron chi connectivity index (χ0n) is 17.4. The number of fused-ring (bicyclic) bond motifs is 1. The maximum Gasteiger partial charge on any atom is 0.308 e. The number of carbonyl (C=O) groups is 3. The molecule has 4 N–H and O–H groups in total. The average Bonchev–Trinajstić information content (AvgIpc) is 2.81. The first-order valence-electron chi connectivity index (χ1n) is 10.4. The van der Waals surface area contributed by atoms with Crippen molar-refractivity contribution >= 4 is 34.2 Å². The summed E-state index contributed by atoms with van der Waals surface area (Å²) < 4.78 is 4.76. The number of hydrogen-bond donors (Lipinski definition) is 4. The summed E-state index contributed by atoms with van der Waals surface area (Å²) in [5.41, 5.74) is 0.456. The maximum absolute atomic E-state index is 12.3. The van der Waals surface area contributed by atoms with E-state index in [4.69, 9.17) is 4.74 Å². The Morgan fingerprint density at radius 1 is 0.968 bits per heavy atom. The van der Waals surface area contributed by atoms with Gasteiger partial charge in [-0.1, -0.05) is 30.3 Å². The number of aliphatic hydroxyl groups is 2. The highest BCUT2D eigenvalue weighted by atomic mass is 16.5. The largest absolute Gasteiger partial charge is 0.469 e. The number of amides is 2. The Kier molecular flexibility index (Phi) is 7.59. The van der Waals surface area contributed by atoms with Crippen LogP contribution in [0.25, 0.3) is 10.8 Å². The number of rotatable bonds is 7. The Morgan fingerprint density at radius 3 is 2.29 bits per heavy atom. The van der Waals surface area contributed by atoms with Gasteiger partial charge in [-0.25, -0.2) is 0 Å². The van der Waals surface area contributed by atoms with Crippen LogP contribution in [0.3, 0.4) is 0 Å². The fourth-order valence-electron chi connectivity index (χ4n) is 3.89. The van der Waals surface area contributed by atoms with E-state index in [9.17, 15) is 24.6 Å². The Hall–Kier alpha value is -2.97. The first-order valence-corrected chi connectivity index (χ1v) is 10.4. The van der Waals surface area contributed by atoms with E-state index in [0.717, 1.165) is 23.6 Å². The van der Waals surface area contributed by atoms with E-state index >= 15 is 0 Å². The molecule has 1 aliphatic carbocycles. The lowest BCUT2D eigenvalue weighted by atomic mass is 9.82. The minimum atomic E-state index is -1.90. The number of methoxy groups -OCH3 is 1. The molecule has 1 fully saturated rings. The third kappa shape index (κ3) is 5.80. The first-order chi connectivity index (χ1) is 14.9. The summed E-state index contributed by atoms with van der Waals surface area (Å²) in [5, 5.41) is 27.2. The summed E-state index contributed by atoms with van der Waals surface area (Å²) in [6.07, 6.45) is -0.908. The minimum absolute atomic E-state index is 0.108. The van der Waals surface area contributed by atoms with Crippen molar-refractivity contribution in [1.29, 1.82) is 0 Å². The SMILES string of the molecule is COC(=O)C1CCC(CNC(=O)[C@H](O)[C@@H](O)C(=O)Nc2ccc3ccccc3c2)CC1. The van der Waals surface area contributed by atoms with E-state index in [0.29, 0.717) is 25.1 Å². The minimum Gasteiger partial charge on any atom is -0.469 e. The van der Waals surface area contributed by atoms with Gasteiger partial charge in [0.15, 0.2) is 12.2 Å². The fraction of sp³-hybridized carbons (Fsp3) is 0.435. The molecule has 0 aliphatic heterocycles. The van der Waals surface area contributed by atoms with Gasteiger partial charge in [0.05, 0.1) is 13.0 Å². The van der Waals surface area contributed by atoms with Crippen LogP contribution < -0.4 is 10.6 Å². The van der Waals surface area contributed by atoms with Gasteiger partial charge in [-0.05, 0) is 54.5 Å². The molecule has 1 saturated carbocycles. The number of anilines is 1. The van der Waals surface area contributed by atoms with Crippen LogP contribution in [-0.2, 0) is 19.1 Å². The van der Waals surface area contributed by atoms with Crippen LogP contribution in [0.4, 0.5) is 5.69 Å². The number of carbonyl (C=O) groups excluding carboxylic acids is 3. The summed E-state index contributed by atoms with van der Waals surface area (Å²) in [5.74, 6) is -1.82. The van der Waals surface area contributed by atoms with Crippen molar-refractivity contribution in [2.75, 3.05) is 19.0 Å². The van der Waals surface area contributed by atoms with Gasteiger partial charge in [0, 0.05) is 12.2 Å². The van der Waals surface area contributed by atoms with Crippen LogP contribution in [0.2, 0.25) is 0 Å². The summed E-state index contributed by atoms with van der Waals surface area (Å²) in [4.78, 5) is 36.1. The molecule has 0 aromatic heterocycles. The number of hydrogen-bond acceptors (Lipinski definition) is 6. The van der Waals surface area contributed by atoms with Gasteiger partial charge in [-0.3, -0.25) is 14.4 Å². The molecule has 1 aliphatic rings. The van der Waals surface area contributed by atoms with Crippen molar-refractivity contribution < 1.29 is 29.3 Å². The predicted octanol–water partition coefficient (Wildman–Crippen LogP) is 1.60. The van der Waals surface area contributed by atoms with Crippen molar-refractivity contribution in [3.63, 3.8) is 0 Å². The third-order valence-electron chi connectivity index (χ3n) is 5.80. The van der Waals surface area contributed by atoms with Crippen molar-refractivity contribution in [1.82, 2.24) is 5.32 Å². The summed E-state index contributed by atoms with van der Waals surface area (Å²) in [7, 11) is 1.37. The highest BCUT2D eigenvalue weighted by Gasteiger charge is 2.32. The zero-order valence-corrected chi connectivity index (χ0v) is 17.4. The molecule has 0 unspecified atom stereocenters. The van der Waals surface area contributed by atoms with Gasteiger partial charge in [-0.2, -0.15) is 0 Å². The van der Waals surface area contributed by atoms with Crippen molar-refractivity contribution in [2.45, 2.75) is 37.9 Å². The highest BCUT2D eigenvalue weighted by molar-refractivity contribution is 5.99. The van der Waals surface area contributed by atoms with Crippen molar-refractivity contribution in [3.05, 3.63) is 42.5 Å². The predicted molar refractivity (Wildman–Crippen MR) is 115 cm³/mol. The molecular weight excluding hydrogens is 400 g/mol.